The van der Waals surface area contributed by atoms with Crippen LogP contribution in [0.1, 0.15) is 55.6 Å². The molecule has 1 saturated heterocycles. The number of carbonyl (C=O) groups excluding carboxylic acids is 1. The molecule has 23 heavy (non-hydrogen) atoms. The molecular formula is C16H22F2N2O2S. The summed E-state index contributed by atoms with van der Waals surface area (Å²) in [7, 11) is 0. The third-order valence-electron chi connectivity index (χ3n) is 5.02. The van der Waals surface area contributed by atoms with E-state index in [0.29, 0.717) is 19.4 Å². The number of carbonyl (C=O) groups is 1. The lowest BCUT2D eigenvalue weighted by molar-refractivity contribution is -0.224. The minimum atomic E-state index is -3.69. The van der Waals surface area contributed by atoms with Crippen molar-refractivity contribution in [3.8, 4) is 0 Å². The molecule has 1 aromatic rings. The van der Waals surface area contributed by atoms with Crippen LogP contribution in [-0.4, -0.2) is 45.5 Å². The molecule has 0 aromatic carbocycles. The van der Waals surface area contributed by atoms with E-state index < -0.39 is 17.4 Å². The normalized spacial score (nSPS) is 24.3. The fourth-order valence-electron chi connectivity index (χ4n) is 3.26. The standard InChI is InChI=1S/C16H22F2N2O2S/c1-2-12-10-23-13(19-12)11-5-3-8-20(9-11)14(21)16(17,18)15(22)6-4-7-15/h10-11,22H,2-9H2,1H3. The molecule has 0 bridgehead atoms. The van der Waals surface area contributed by atoms with Gasteiger partial charge in [0.2, 0.25) is 0 Å². The maximum Gasteiger partial charge on any atom is 0.352 e. The zero-order valence-corrected chi connectivity index (χ0v) is 14.0. The molecule has 1 saturated carbocycles. The topological polar surface area (TPSA) is 53.4 Å². The minimum Gasteiger partial charge on any atom is -0.383 e. The first-order valence-electron chi connectivity index (χ1n) is 8.21. The van der Waals surface area contributed by atoms with Gasteiger partial charge in [0.05, 0.1) is 10.7 Å². The second-order valence-corrected chi connectivity index (χ2v) is 7.47. The molecule has 1 aliphatic carbocycles. The predicted octanol–water partition coefficient (Wildman–Crippen LogP) is 2.96. The number of halogens is 2. The number of alkyl halides is 2. The Morgan fingerprint density at radius 1 is 1.52 bits per heavy atom. The van der Waals surface area contributed by atoms with E-state index in [4.69, 9.17) is 0 Å². The molecular weight excluding hydrogens is 322 g/mol. The maximum absolute atomic E-state index is 14.4. The number of aliphatic hydroxyl groups is 1. The molecule has 1 atom stereocenters. The first-order chi connectivity index (χ1) is 10.9. The van der Waals surface area contributed by atoms with Gasteiger partial charge < -0.3 is 10.0 Å². The number of likely N-dealkylation sites (tertiary alicyclic amines) is 1. The molecule has 2 aliphatic rings. The van der Waals surface area contributed by atoms with E-state index >= 15 is 0 Å². The number of aromatic nitrogens is 1. The van der Waals surface area contributed by atoms with Crippen molar-refractivity contribution in [2.75, 3.05) is 13.1 Å². The Labute approximate surface area is 138 Å². The summed E-state index contributed by atoms with van der Waals surface area (Å²) in [6.07, 6.45) is 2.92. The summed E-state index contributed by atoms with van der Waals surface area (Å²) in [4.78, 5) is 18.0. The lowest BCUT2D eigenvalue weighted by Crippen LogP contribution is -2.62. The highest BCUT2D eigenvalue weighted by molar-refractivity contribution is 7.09. The molecule has 1 aliphatic heterocycles. The first kappa shape index (κ1) is 16.8. The van der Waals surface area contributed by atoms with Gasteiger partial charge in [-0.05, 0) is 38.5 Å². The monoisotopic (exact) mass is 344 g/mol. The fraction of sp³-hybridized carbons (Fsp3) is 0.750. The molecule has 2 fully saturated rings. The van der Waals surface area contributed by atoms with Gasteiger partial charge in [-0.25, -0.2) is 4.98 Å². The zero-order chi connectivity index (χ0) is 16.7. The number of hydrogen-bond donors (Lipinski definition) is 1. The lowest BCUT2D eigenvalue weighted by Gasteiger charge is -2.44. The predicted molar refractivity (Wildman–Crippen MR) is 83.8 cm³/mol. The summed E-state index contributed by atoms with van der Waals surface area (Å²) < 4.78 is 28.7. The van der Waals surface area contributed by atoms with Crippen LogP contribution in [0.2, 0.25) is 0 Å². The first-order valence-corrected chi connectivity index (χ1v) is 9.09. The van der Waals surface area contributed by atoms with Crippen LogP contribution >= 0.6 is 11.3 Å². The van der Waals surface area contributed by atoms with E-state index in [1.165, 1.54) is 16.2 Å². The molecule has 4 nitrogen and oxygen atoms in total. The number of rotatable bonds is 4. The third-order valence-corrected chi connectivity index (χ3v) is 6.08. The van der Waals surface area contributed by atoms with Crippen LogP contribution in [0.15, 0.2) is 5.38 Å². The molecule has 0 spiro atoms. The van der Waals surface area contributed by atoms with Crippen molar-refractivity contribution >= 4 is 17.2 Å². The third kappa shape index (κ3) is 2.89. The Morgan fingerprint density at radius 3 is 2.83 bits per heavy atom. The Morgan fingerprint density at radius 2 is 2.26 bits per heavy atom. The van der Waals surface area contributed by atoms with Crippen molar-refractivity contribution in [1.29, 1.82) is 0 Å². The second-order valence-electron chi connectivity index (χ2n) is 6.58. The van der Waals surface area contributed by atoms with Gasteiger partial charge in [-0.1, -0.05) is 6.92 Å². The molecule has 1 N–H and O–H groups in total. The van der Waals surface area contributed by atoms with E-state index in [9.17, 15) is 18.7 Å². The van der Waals surface area contributed by atoms with Gasteiger partial charge in [-0.2, -0.15) is 8.78 Å². The number of hydrogen-bond acceptors (Lipinski definition) is 4. The van der Waals surface area contributed by atoms with Gasteiger partial charge in [0.1, 0.15) is 5.60 Å². The van der Waals surface area contributed by atoms with Crippen molar-refractivity contribution in [3.05, 3.63) is 16.1 Å². The summed E-state index contributed by atoms with van der Waals surface area (Å²) in [6.45, 7) is 2.61. The molecule has 2 heterocycles. The van der Waals surface area contributed by atoms with E-state index in [-0.39, 0.29) is 25.3 Å². The quantitative estimate of drug-likeness (QED) is 0.914. The number of aryl methyl sites for hydroxylation is 1. The van der Waals surface area contributed by atoms with Crippen molar-refractivity contribution < 1.29 is 18.7 Å². The van der Waals surface area contributed by atoms with Crippen molar-refractivity contribution in [3.63, 3.8) is 0 Å². The molecule has 0 radical (unpaired) electrons. The highest BCUT2D eigenvalue weighted by atomic mass is 32.1. The van der Waals surface area contributed by atoms with Gasteiger partial charge >= 0.3 is 5.92 Å². The molecule has 1 aromatic heterocycles. The summed E-state index contributed by atoms with van der Waals surface area (Å²) in [6, 6.07) is 0. The molecule has 1 amide bonds. The summed E-state index contributed by atoms with van der Waals surface area (Å²) in [5.74, 6) is -4.90. The number of thiazole rings is 1. The average Bonchev–Trinajstić information content (AvgIpc) is 3.01. The smallest absolute Gasteiger partial charge is 0.352 e. The number of nitrogens with zero attached hydrogens (tertiary/aromatic N) is 2. The zero-order valence-electron chi connectivity index (χ0n) is 13.2. The summed E-state index contributed by atoms with van der Waals surface area (Å²) in [5, 5.41) is 12.9. The van der Waals surface area contributed by atoms with Gasteiger partial charge in [0.15, 0.2) is 0 Å². The lowest BCUT2D eigenvalue weighted by atomic mass is 9.74. The van der Waals surface area contributed by atoms with Crippen molar-refractivity contribution in [1.82, 2.24) is 9.88 Å². The van der Waals surface area contributed by atoms with Crippen LogP contribution in [0.25, 0.3) is 0 Å². The van der Waals surface area contributed by atoms with Crippen LogP contribution in [0.5, 0.6) is 0 Å². The second kappa shape index (κ2) is 6.09. The molecule has 3 rings (SSSR count). The van der Waals surface area contributed by atoms with Crippen molar-refractivity contribution in [2.24, 2.45) is 0 Å². The summed E-state index contributed by atoms with van der Waals surface area (Å²) in [5.41, 5.74) is -1.14. The van der Waals surface area contributed by atoms with Crippen LogP contribution < -0.4 is 0 Å². The Hall–Kier alpha value is -1.08. The SMILES string of the molecule is CCc1csc(C2CCCN(C(=O)C(F)(F)C3(O)CCC3)C2)n1. The van der Waals surface area contributed by atoms with Gasteiger partial charge in [0.25, 0.3) is 5.91 Å². The summed E-state index contributed by atoms with van der Waals surface area (Å²) >= 11 is 1.54. The van der Waals surface area contributed by atoms with Crippen molar-refractivity contribution in [2.45, 2.75) is 62.9 Å². The average molecular weight is 344 g/mol. The number of amides is 1. The Balaban J connectivity index is 1.71. The molecule has 1 unspecified atom stereocenters. The number of piperidine rings is 1. The van der Waals surface area contributed by atoms with Gasteiger partial charge in [-0.15, -0.1) is 11.3 Å². The van der Waals surface area contributed by atoms with E-state index in [1.54, 1.807) is 0 Å². The Kier molecular flexibility index (Phi) is 4.44. The van der Waals surface area contributed by atoms with Crippen LogP contribution in [0.3, 0.4) is 0 Å². The highest BCUT2D eigenvalue weighted by Crippen LogP contribution is 2.45. The van der Waals surface area contributed by atoms with Crippen LogP contribution in [-0.2, 0) is 11.2 Å². The van der Waals surface area contributed by atoms with Crippen LogP contribution in [0, 0.1) is 0 Å². The minimum absolute atomic E-state index is 0.00461. The van der Waals surface area contributed by atoms with E-state index in [2.05, 4.69) is 4.98 Å². The van der Waals surface area contributed by atoms with Gasteiger partial charge in [0, 0.05) is 24.4 Å². The van der Waals surface area contributed by atoms with E-state index in [1.807, 2.05) is 12.3 Å². The van der Waals surface area contributed by atoms with Gasteiger partial charge in [-0.3, -0.25) is 4.79 Å². The Bertz CT molecular complexity index is 586. The van der Waals surface area contributed by atoms with Crippen LogP contribution in [0.4, 0.5) is 8.78 Å². The van der Waals surface area contributed by atoms with E-state index in [0.717, 1.165) is 23.5 Å². The maximum atomic E-state index is 14.4. The fourth-order valence-corrected chi connectivity index (χ4v) is 4.29. The molecule has 7 heteroatoms. The molecule has 128 valence electrons. The highest BCUT2D eigenvalue weighted by Gasteiger charge is 2.62. The largest absolute Gasteiger partial charge is 0.383 e.